The second-order valence-electron chi connectivity index (χ2n) is 10.6. The monoisotopic (exact) mass is 314 g/mol. The molecule has 1 unspecified atom stereocenters. The summed E-state index contributed by atoms with van der Waals surface area (Å²) in [7, 11) is 0. The van der Waals surface area contributed by atoms with Gasteiger partial charge in [0.15, 0.2) is 0 Å². The van der Waals surface area contributed by atoms with Crippen molar-refractivity contribution in [3.63, 3.8) is 0 Å². The van der Waals surface area contributed by atoms with E-state index in [1.165, 1.54) is 51.4 Å². The standard InChI is InChI=1S/C23H38/c1-15(2)19-8-9-20-18-7-6-17-14-16(3)10-12-22(17,4)21(18)11-13-23(19,20)5/h6,15-16,18-21H,7-14H2,1-5H3/t16?,18-,19+,20-,21-,22-,23+/m0/s1. The SMILES string of the molecule is CC1CC[C@@]2(C)C(=CC[C@H]3[C@@H]4CC[C@H](C(C)C)[C@@]4(C)CC[C@@H]32)C1. The van der Waals surface area contributed by atoms with Crippen molar-refractivity contribution in [3.05, 3.63) is 11.6 Å². The third-order valence-electron chi connectivity index (χ3n) is 9.23. The largest absolute Gasteiger partial charge is 0.0845 e. The van der Waals surface area contributed by atoms with E-state index < -0.39 is 0 Å². The van der Waals surface area contributed by atoms with E-state index in [0.29, 0.717) is 10.8 Å². The summed E-state index contributed by atoms with van der Waals surface area (Å²) in [5.74, 6) is 5.80. The van der Waals surface area contributed by atoms with Gasteiger partial charge in [-0.05, 0) is 97.7 Å². The minimum atomic E-state index is 0.562. The topological polar surface area (TPSA) is 0 Å². The highest BCUT2D eigenvalue weighted by Crippen LogP contribution is 2.67. The Balaban J connectivity index is 1.65. The molecular formula is C23H38. The predicted molar refractivity (Wildman–Crippen MR) is 99.2 cm³/mol. The van der Waals surface area contributed by atoms with Crippen LogP contribution in [-0.4, -0.2) is 0 Å². The fourth-order valence-corrected chi connectivity index (χ4v) is 7.98. The summed E-state index contributed by atoms with van der Waals surface area (Å²) in [6.45, 7) is 12.8. The zero-order chi connectivity index (χ0) is 16.4. The van der Waals surface area contributed by atoms with Crippen LogP contribution in [0.1, 0.15) is 86.0 Å². The van der Waals surface area contributed by atoms with Crippen molar-refractivity contribution in [1.29, 1.82) is 0 Å². The molecule has 0 nitrogen and oxygen atoms in total. The minimum Gasteiger partial charge on any atom is -0.0845 e. The molecule has 0 aromatic heterocycles. The molecule has 4 rings (SSSR count). The van der Waals surface area contributed by atoms with Gasteiger partial charge in [0, 0.05) is 0 Å². The molecule has 0 amide bonds. The minimum absolute atomic E-state index is 0.562. The predicted octanol–water partition coefficient (Wildman–Crippen LogP) is 6.86. The molecule has 7 atom stereocenters. The van der Waals surface area contributed by atoms with Crippen molar-refractivity contribution >= 4 is 0 Å². The highest BCUT2D eigenvalue weighted by molar-refractivity contribution is 5.25. The van der Waals surface area contributed by atoms with E-state index in [0.717, 1.165) is 35.5 Å². The molecule has 3 saturated carbocycles. The van der Waals surface area contributed by atoms with Gasteiger partial charge in [-0.2, -0.15) is 0 Å². The Bertz CT molecular complexity index is 500. The van der Waals surface area contributed by atoms with E-state index in [9.17, 15) is 0 Å². The van der Waals surface area contributed by atoms with Gasteiger partial charge in [-0.25, -0.2) is 0 Å². The summed E-state index contributed by atoms with van der Waals surface area (Å²) in [5.41, 5.74) is 3.07. The molecule has 3 fully saturated rings. The van der Waals surface area contributed by atoms with E-state index >= 15 is 0 Å². The third kappa shape index (κ3) is 2.22. The molecule has 0 aromatic rings. The maximum absolute atomic E-state index is 2.73. The van der Waals surface area contributed by atoms with Crippen LogP contribution in [0.3, 0.4) is 0 Å². The molecule has 0 radical (unpaired) electrons. The van der Waals surface area contributed by atoms with Crippen LogP contribution in [0.25, 0.3) is 0 Å². The second-order valence-corrected chi connectivity index (χ2v) is 10.6. The lowest BCUT2D eigenvalue weighted by Gasteiger charge is -2.58. The molecule has 4 aliphatic carbocycles. The van der Waals surface area contributed by atoms with Gasteiger partial charge in [-0.3, -0.25) is 0 Å². The van der Waals surface area contributed by atoms with E-state index in [1.807, 2.05) is 5.57 Å². The van der Waals surface area contributed by atoms with Gasteiger partial charge in [-0.15, -0.1) is 0 Å². The number of allylic oxidation sites excluding steroid dienone is 2. The molecule has 0 aliphatic heterocycles. The van der Waals surface area contributed by atoms with E-state index in [-0.39, 0.29) is 0 Å². The Hall–Kier alpha value is -0.260. The smallest absolute Gasteiger partial charge is 0.00851 e. The molecule has 0 heterocycles. The van der Waals surface area contributed by atoms with Crippen LogP contribution in [0.15, 0.2) is 11.6 Å². The molecule has 0 aromatic carbocycles. The van der Waals surface area contributed by atoms with Crippen molar-refractivity contribution in [3.8, 4) is 0 Å². The zero-order valence-corrected chi connectivity index (χ0v) is 16.2. The third-order valence-corrected chi connectivity index (χ3v) is 9.23. The summed E-state index contributed by atoms with van der Waals surface area (Å²) in [6.07, 6.45) is 14.5. The first kappa shape index (κ1) is 16.2. The van der Waals surface area contributed by atoms with Crippen molar-refractivity contribution in [2.75, 3.05) is 0 Å². The van der Waals surface area contributed by atoms with Crippen LogP contribution < -0.4 is 0 Å². The Labute approximate surface area is 144 Å². The van der Waals surface area contributed by atoms with Crippen LogP contribution in [-0.2, 0) is 0 Å². The maximum Gasteiger partial charge on any atom is -0.00851 e. The molecular weight excluding hydrogens is 276 g/mol. The lowest BCUT2D eigenvalue weighted by molar-refractivity contribution is -0.0503. The molecule has 0 bridgehead atoms. The fourth-order valence-electron chi connectivity index (χ4n) is 7.98. The Morgan fingerprint density at radius 3 is 2.52 bits per heavy atom. The molecule has 0 heteroatoms. The lowest BCUT2D eigenvalue weighted by atomic mass is 9.46. The van der Waals surface area contributed by atoms with Crippen molar-refractivity contribution in [2.45, 2.75) is 86.0 Å². The Morgan fingerprint density at radius 1 is 1.00 bits per heavy atom. The van der Waals surface area contributed by atoms with Gasteiger partial charge in [-0.1, -0.05) is 46.3 Å². The van der Waals surface area contributed by atoms with Crippen LogP contribution in [0.5, 0.6) is 0 Å². The zero-order valence-electron chi connectivity index (χ0n) is 16.2. The number of hydrogen-bond donors (Lipinski definition) is 0. The summed E-state index contributed by atoms with van der Waals surface area (Å²) in [4.78, 5) is 0. The average molecular weight is 315 g/mol. The highest BCUT2D eigenvalue weighted by atomic mass is 14.6. The van der Waals surface area contributed by atoms with Gasteiger partial charge in [0.2, 0.25) is 0 Å². The van der Waals surface area contributed by atoms with Gasteiger partial charge in [0.25, 0.3) is 0 Å². The van der Waals surface area contributed by atoms with Crippen LogP contribution in [0.2, 0.25) is 0 Å². The molecule has 0 N–H and O–H groups in total. The van der Waals surface area contributed by atoms with Gasteiger partial charge < -0.3 is 0 Å². The first-order valence-electron chi connectivity index (χ1n) is 10.6. The van der Waals surface area contributed by atoms with E-state index in [4.69, 9.17) is 0 Å². The lowest BCUT2D eigenvalue weighted by Crippen LogP contribution is -2.50. The molecule has 0 spiro atoms. The summed E-state index contributed by atoms with van der Waals surface area (Å²) >= 11 is 0. The van der Waals surface area contributed by atoms with Gasteiger partial charge in [0.05, 0.1) is 0 Å². The molecule has 0 saturated heterocycles. The van der Waals surface area contributed by atoms with Crippen LogP contribution >= 0.6 is 0 Å². The number of hydrogen-bond acceptors (Lipinski definition) is 0. The highest BCUT2D eigenvalue weighted by Gasteiger charge is 2.58. The van der Waals surface area contributed by atoms with Crippen LogP contribution in [0, 0.1) is 46.3 Å². The first-order chi connectivity index (χ1) is 10.9. The summed E-state index contributed by atoms with van der Waals surface area (Å²) < 4.78 is 0. The maximum atomic E-state index is 2.73. The normalized spacial score (nSPS) is 52.6. The second kappa shape index (κ2) is 5.37. The Morgan fingerprint density at radius 2 is 1.78 bits per heavy atom. The van der Waals surface area contributed by atoms with Crippen LogP contribution in [0.4, 0.5) is 0 Å². The van der Waals surface area contributed by atoms with Crippen molar-refractivity contribution in [2.24, 2.45) is 46.3 Å². The quantitative estimate of drug-likeness (QED) is 0.464. The molecule has 23 heavy (non-hydrogen) atoms. The number of fused-ring (bicyclic) bond motifs is 5. The first-order valence-corrected chi connectivity index (χ1v) is 10.6. The number of rotatable bonds is 1. The summed E-state index contributed by atoms with van der Waals surface area (Å²) in [5, 5.41) is 0. The Kier molecular flexibility index (Phi) is 3.79. The van der Waals surface area contributed by atoms with Crippen molar-refractivity contribution < 1.29 is 0 Å². The molecule has 4 aliphatic rings. The fraction of sp³-hybridized carbons (Fsp3) is 0.913. The van der Waals surface area contributed by atoms with E-state index in [1.54, 1.807) is 0 Å². The van der Waals surface area contributed by atoms with Gasteiger partial charge in [0.1, 0.15) is 0 Å². The average Bonchev–Trinajstić information content (AvgIpc) is 2.85. The van der Waals surface area contributed by atoms with Crippen molar-refractivity contribution in [1.82, 2.24) is 0 Å². The molecule has 130 valence electrons. The summed E-state index contributed by atoms with van der Waals surface area (Å²) in [6, 6.07) is 0. The van der Waals surface area contributed by atoms with E-state index in [2.05, 4.69) is 40.7 Å². The van der Waals surface area contributed by atoms with Gasteiger partial charge >= 0.3 is 0 Å².